The lowest BCUT2D eigenvalue weighted by atomic mass is 9.99. The molecule has 0 radical (unpaired) electrons. The summed E-state index contributed by atoms with van der Waals surface area (Å²) in [7, 11) is 0. The molecular formula is C66H123NO8. The van der Waals surface area contributed by atoms with Gasteiger partial charge in [0, 0.05) is 6.42 Å². The highest BCUT2D eigenvalue weighted by Crippen LogP contribution is 2.23. The summed E-state index contributed by atoms with van der Waals surface area (Å²) in [5, 5.41) is 54.9. The van der Waals surface area contributed by atoms with Crippen molar-refractivity contribution in [2.24, 2.45) is 0 Å². The van der Waals surface area contributed by atoms with Crippen LogP contribution in [0.15, 0.2) is 48.6 Å². The Morgan fingerprint density at radius 3 is 1.23 bits per heavy atom. The lowest BCUT2D eigenvalue weighted by molar-refractivity contribution is -0.302. The van der Waals surface area contributed by atoms with Gasteiger partial charge in [0.15, 0.2) is 6.29 Å². The Morgan fingerprint density at radius 2 is 0.827 bits per heavy atom. The molecule has 1 aliphatic heterocycles. The highest BCUT2D eigenvalue weighted by Gasteiger charge is 2.44. The van der Waals surface area contributed by atoms with Crippen LogP contribution in [0.3, 0.4) is 0 Å². The van der Waals surface area contributed by atoms with Crippen molar-refractivity contribution >= 4 is 5.91 Å². The first-order valence-corrected chi connectivity index (χ1v) is 32.3. The Bertz CT molecular complexity index is 1320. The number of aliphatic hydroxyl groups is 5. The van der Waals surface area contributed by atoms with Gasteiger partial charge in [0.25, 0.3) is 0 Å². The van der Waals surface area contributed by atoms with E-state index < -0.39 is 49.5 Å². The Balaban J connectivity index is 2.15. The van der Waals surface area contributed by atoms with E-state index in [0.717, 1.165) is 64.2 Å². The molecule has 440 valence electrons. The number of unbranched alkanes of at least 4 members (excludes halogenated alkanes) is 38. The van der Waals surface area contributed by atoms with E-state index in [-0.39, 0.29) is 12.5 Å². The van der Waals surface area contributed by atoms with Crippen molar-refractivity contribution in [3.63, 3.8) is 0 Å². The zero-order valence-electron chi connectivity index (χ0n) is 49.1. The van der Waals surface area contributed by atoms with Crippen LogP contribution in [0.25, 0.3) is 0 Å². The Kier molecular flexibility index (Phi) is 52.6. The monoisotopic (exact) mass is 1060 g/mol. The van der Waals surface area contributed by atoms with E-state index in [1.807, 2.05) is 0 Å². The van der Waals surface area contributed by atoms with Crippen LogP contribution in [-0.4, -0.2) is 87.5 Å². The molecule has 1 saturated heterocycles. The van der Waals surface area contributed by atoms with Gasteiger partial charge >= 0.3 is 0 Å². The van der Waals surface area contributed by atoms with Gasteiger partial charge in [0.2, 0.25) is 5.91 Å². The first-order valence-electron chi connectivity index (χ1n) is 32.3. The maximum Gasteiger partial charge on any atom is 0.220 e. The molecule has 7 atom stereocenters. The summed E-state index contributed by atoms with van der Waals surface area (Å²) in [4.78, 5) is 13.1. The van der Waals surface area contributed by atoms with Gasteiger partial charge in [-0.1, -0.05) is 300 Å². The van der Waals surface area contributed by atoms with E-state index in [1.54, 1.807) is 0 Å². The molecule has 0 aromatic rings. The molecule has 6 N–H and O–H groups in total. The third-order valence-corrected chi connectivity index (χ3v) is 15.4. The maximum absolute atomic E-state index is 13.1. The summed E-state index contributed by atoms with van der Waals surface area (Å²) in [6.07, 6.45) is 67.3. The van der Waals surface area contributed by atoms with Crippen LogP contribution in [0.5, 0.6) is 0 Å². The summed E-state index contributed by atoms with van der Waals surface area (Å²) in [5.74, 6) is -0.142. The minimum atomic E-state index is -1.55. The fourth-order valence-electron chi connectivity index (χ4n) is 10.4. The highest BCUT2D eigenvalue weighted by molar-refractivity contribution is 5.76. The summed E-state index contributed by atoms with van der Waals surface area (Å²) in [6.45, 7) is 3.77. The van der Waals surface area contributed by atoms with E-state index in [0.29, 0.717) is 12.8 Å². The molecule has 0 saturated carbocycles. The molecule has 9 nitrogen and oxygen atoms in total. The number of hydrogen-bond donors (Lipinski definition) is 6. The Labute approximate surface area is 463 Å². The molecule has 1 aliphatic rings. The highest BCUT2D eigenvalue weighted by atomic mass is 16.7. The van der Waals surface area contributed by atoms with Gasteiger partial charge in [-0.15, -0.1) is 0 Å². The number of aliphatic hydroxyl groups excluding tert-OH is 5. The number of amides is 1. The van der Waals surface area contributed by atoms with E-state index in [2.05, 4.69) is 67.8 Å². The minimum absolute atomic E-state index is 0.137. The van der Waals surface area contributed by atoms with Gasteiger partial charge < -0.3 is 40.3 Å². The van der Waals surface area contributed by atoms with Crippen molar-refractivity contribution in [2.75, 3.05) is 13.2 Å². The third-order valence-electron chi connectivity index (χ3n) is 15.4. The summed E-state index contributed by atoms with van der Waals surface area (Å²) in [6, 6.07) is -0.721. The Morgan fingerprint density at radius 1 is 0.467 bits per heavy atom. The van der Waals surface area contributed by atoms with Crippen molar-refractivity contribution in [3.05, 3.63) is 48.6 Å². The number of hydrogen-bond acceptors (Lipinski definition) is 8. The van der Waals surface area contributed by atoms with Gasteiger partial charge in [-0.2, -0.15) is 0 Å². The van der Waals surface area contributed by atoms with Crippen molar-refractivity contribution < 1.29 is 39.8 Å². The quantitative estimate of drug-likeness (QED) is 0.0261. The zero-order valence-corrected chi connectivity index (χ0v) is 49.1. The largest absolute Gasteiger partial charge is 0.394 e. The number of nitrogens with one attached hydrogen (secondary N) is 1. The standard InChI is InChI=1S/C66H123NO8/c1-3-5-7-9-11-13-15-17-19-21-23-25-27-29-30-32-34-36-38-40-42-44-46-48-50-52-54-56-62(70)67-59(58-74-66-65(73)64(72)63(71)61(57-68)75-66)60(69)55-53-51-49-47-45-43-41-39-37-35-33-31-28-26-24-22-20-18-16-14-12-10-8-6-4-2/h5,7,11,13,17,19,23,25,59-61,63-66,68-69,71-73H,3-4,6,8-10,12,14-16,18,20-22,24,26-58H2,1-2H3,(H,67,70)/b7-5-,13-11-,19-17-,25-23-. The third kappa shape index (κ3) is 44.7. The molecule has 0 bridgehead atoms. The fraction of sp³-hybridized carbons (Fsp3) is 0.864. The molecule has 1 rings (SSSR count). The number of ether oxygens (including phenoxy) is 2. The molecule has 1 amide bonds. The molecule has 7 unspecified atom stereocenters. The lowest BCUT2D eigenvalue weighted by Gasteiger charge is -2.40. The predicted molar refractivity (Wildman–Crippen MR) is 318 cm³/mol. The second kappa shape index (κ2) is 55.5. The molecular weight excluding hydrogens is 935 g/mol. The molecule has 0 spiro atoms. The van der Waals surface area contributed by atoms with Crippen LogP contribution in [0, 0.1) is 0 Å². The number of allylic oxidation sites excluding steroid dienone is 8. The van der Waals surface area contributed by atoms with Crippen LogP contribution < -0.4 is 5.32 Å². The fourth-order valence-corrected chi connectivity index (χ4v) is 10.4. The van der Waals surface area contributed by atoms with Crippen molar-refractivity contribution in [2.45, 2.75) is 352 Å². The molecule has 0 aromatic heterocycles. The molecule has 9 heteroatoms. The van der Waals surface area contributed by atoms with Crippen LogP contribution in [0.1, 0.15) is 309 Å². The van der Waals surface area contributed by atoms with Crippen molar-refractivity contribution in [3.8, 4) is 0 Å². The van der Waals surface area contributed by atoms with Crippen molar-refractivity contribution in [1.29, 1.82) is 0 Å². The summed E-state index contributed by atoms with van der Waals surface area (Å²) in [5.41, 5.74) is 0. The van der Waals surface area contributed by atoms with E-state index >= 15 is 0 Å². The summed E-state index contributed by atoms with van der Waals surface area (Å²) < 4.78 is 11.4. The van der Waals surface area contributed by atoms with Gasteiger partial charge in [0.1, 0.15) is 24.4 Å². The van der Waals surface area contributed by atoms with Crippen LogP contribution >= 0.6 is 0 Å². The number of rotatable bonds is 56. The summed E-state index contributed by atoms with van der Waals surface area (Å²) >= 11 is 0. The van der Waals surface area contributed by atoms with Crippen LogP contribution in [0.4, 0.5) is 0 Å². The van der Waals surface area contributed by atoms with Gasteiger partial charge in [0.05, 0.1) is 25.4 Å². The topological polar surface area (TPSA) is 149 Å². The maximum atomic E-state index is 13.1. The predicted octanol–water partition coefficient (Wildman–Crippen LogP) is 16.9. The average molecular weight is 1060 g/mol. The number of carbonyl (C=O) groups is 1. The van der Waals surface area contributed by atoms with E-state index in [4.69, 9.17) is 9.47 Å². The molecule has 1 fully saturated rings. The van der Waals surface area contributed by atoms with Gasteiger partial charge in [-0.3, -0.25) is 4.79 Å². The SMILES string of the molecule is CC/C=C\C/C=C\C/C=C\C/C=C\CCCCCCCCCCCCCCCCC(=O)NC(COC1OC(CO)C(O)C(O)C1O)C(O)CCCCCCCCCCCCCCCCCCCCCCCCCCC. The molecule has 1 heterocycles. The van der Waals surface area contributed by atoms with E-state index in [1.165, 1.54) is 218 Å². The number of carbonyl (C=O) groups excluding carboxylic acids is 1. The lowest BCUT2D eigenvalue weighted by Crippen LogP contribution is -2.60. The second-order valence-electron chi connectivity index (χ2n) is 22.5. The normalized spacial score (nSPS) is 19.2. The van der Waals surface area contributed by atoms with Crippen LogP contribution in [0.2, 0.25) is 0 Å². The smallest absolute Gasteiger partial charge is 0.220 e. The first-order chi connectivity index (χ1) is 36.8. The van der Waals surface area contributed by atoms with Crippen molar-refractivity contribution in [1.82, 2.24) is 5.32 Å². The average Bonchev–Trinajstić information content (AvgIpc) is 3.41. The Hall–Kier alpha value is -1.85. The van der Waals surface area contributed by atoms with Crippen LogP contribution in [-0.2, 0) is 14.3 Å². The minimum Gasteiger partial charge on any atom is -0.394 e. The molecule has 75 heavy (non-hydrogen) atoms. The molecule has 0 aliphatic carbocycles. The first kappa shape index (κ1) is 71.2. The second-order valence-corrected chi connectivity index (χ2v) is 22.5. The molecule has 0 aromatic carbocycles. The van der Waals surface area contributed by atoms with E-state index in [9.17, 15) is 30.3 Å². The van der Waals surface area contributed by atoms with Gasteiger partial charge in [-0.25, -0.2) is 0 Å². The zero-order chi connectivity index (χ0) is 54.3. The van der Waals surface area contributed by atoms with Gasteiger partial charge in [-0.05, 0) is 51.4 Å².